The molecule has 1 aliphatic rings. The third-order valence-corrected chi connectivity index (χ3v) is 3.96. The Hall–Kier alpha value is -2.70. The van der Waals surface area contributed by atoms with Gasteiger partial charge in [-0.3, -0.25) is 4.79 Å². The maximum absolute atomic E-state index is 11.6. The summed E-state index contributed by atoms with van der Waals surface area (Å²) in [5.41, 5.74) is 0.999. The molecular weight excluding hydrogens is 320 g/mol. The topological polar surface area (TPSA) is 77.4 Å². The number of hydrogen-bond donors (Lipinski definition) is 0. The summed E-state index contributed by atoms with van der Waals surface area (Å²) in [6.45, 7) is 6.03. The van der Waals surface area contributed by atoms with Gasteiger partial charge in [0.2, 0.25) is 5.95 Å². The molecule has 0 amide bonds. The zero-order valence-corrected chi connectivity index (χ0v) is 15.1. The molecule has 2 heterocycles. The molecule has 0 saturated carbocycles. The van der Waals surface area contributed by atoms with E-state index in [2.05, 4.69) is 15.0 Å². The highest BCUT2D eigenvalue weighted by Crippen LogP contribution is 2.37. The smallest absolute Gasteiger partial charge is 0.327 e. The first-order valence-electron chi connectivity index (χ1n) is 8.29. The van der Waals surface area contributed by atoms with Crippen molar-refractivity contribution in [1.82, 2.24) is 15.0 Å². The summed E-state index contributed by atoms with van der Waals surface area (Å²) in [5, 5.41) is 0. The van der Waals surface area contributed by atoms with E-state index in [1.54, 1.807) is 11.0 Å². The van der Waals surface area contributed by atoms with Gasteiger partial charge in [-0.2, -0.15) is 15.0 Å². The highest BCUT2D eigenvalue weighted by atomic mass is 16.5. The van der Waals surface area contributed by atoms with Crippen LogP contribution in [0.1, 0.15) is 50.4 Å². The van der Waals surface area contributed by atoms with Crippen LogP contribution in [0.4, 0.5) is 5.95 Å². The van der Waals surface area contributed by atoms with Gasteiger partial charge in [-0.05, 0) is 17.5 Å². The van der Waals surface area contributed by atoms with Crippen molar-refractivity contribution in [3.05, 3.63) is 29.6 Å². The lowest BCUT2D eigenvalue weighted by molar-refractivity contribution is -0.135. The summed E-state index contributed by atoms with van der Waals surface area (Å²) < 4.78 is 11.1. The lowest BCUT2D eigenvalue weighted by Crippen LogP contribution is -2.18. The summed E-state index contributed by atoms with van der Waals surface area (Å²) in [6.07, 6.45) is 0.393. The van der Waals surface area contributed by atoms with Crippen molar-refractivity contribution in [2.24, 2.45) is 0 Å². The molecule has 0 spiro atoms. The van der Waals surface area contributed by atoms with Crippen molar-refractivity contribution in [2.45, 2.75) is 39.0 Å². The molecule has 2 aromatic rings. The number of rotatable bonds is 4. The van der Waals surface area contributed by atoms with Gasteiger partial charge in [0, 0.05) is 26.1 Å². The number of nitrogens with zero attached hydrogens (tertiary/aromatic N) is 4. The standard InChI is InChI=1S/C18H22N4O3/c1-10(2)16-19-17(22(4)5)21-18(20-16)24-12-6-7-13-11(3)8-15(23)25-14(13)9-12/h6-7,9-11H,8H2,1-5H3. The zero-order chi connectivity index (χ0) is 18.1. The van der Waals surface area contributed by atoms with E-state index in [9.17, 15) is 4.79 Å². The number of carbonyl (C=O) groups is 1. The molecular formula is C18H22N4O3. The van der Waals surface area contributed by atoms with Gasteiger partial charge in [-0.25, -0.2) is 0 Å². The molecule has 1 unspecified atom stereocenters. The fourth-order valence-electron chi connectivity index (χ4n) is 2.57. The van der Waals surface area contributed by atoms with Crippen molar-refractivity contribution in [3.8, 4) is 17.5 Å². The van der Waals surface area contributed by atoms with Crippen LogP contribution >= 0.6 is 0 Å². The van der Waals surface area contributed by atoms with Crippen LogP contribution in [0.3, 0.4) is 0 Å². The van der Waals surface area contributed by atoms with Gasteiger partial charge in [0.05, 0.1) is 6.42 Å². The lowest BCUT2D eigenvalue weighted by atomic mass is 9.95. The monoisotopic (exact) mass is 342 g/mol. The van der Waals surface area contributed by atoms with Crippen LogP contribution in [0.25, 0.3) is 0 Å². The van der Waals surface area contributed by atoms with Crippen molar-refractivity contribution in [2.75, 3.05) is 19.0 Å². The zero-order valence-electron chi connectivity index (χ0n) is 15.1. The van der Waals surface area contributed by atoms with Gasteiger partial charge >= 0.3 is 12.0 Å². The van der Waals surface area contributed by atoms with Crippen molar-refractivity contribution in [3.63, 3.8) is 0 Å². The predicted octanol–water partition coefficient (Wildman–Crippen LogP) is 3.27. The molecule has 0 aliphatic carbocycles. The number of fused-ring (bicyclic) bond motifs is 1. The Morgan fingerprint density at radius 2 is 2.00 bits per heavy atom. The van der Waals surface area contributed by atoms with Crippen LogP contribution in [0, 0.1) is 0 Å². The molecule has 1 aromatic carbocycles. The average molecular weight is 342 g/mol. The van der Waals surface area contributed by atoms with E-state index < -0.39 is 0 Å². The Balaban J connectivity index is 1.92. The summed E-state index contributed by atoms with van der Waals surface area (Å²) >= 11 is 0. The molecule has 1 aliphatic heterocycles. The molecule has 132 valence electrons. The first kappa shape index (κ1) is 17.1. The van der Waals surface area contributed by atoms with Crippen LogP contribution < -0.4 is 14.4 Å². The van der Waals surface area contributed by atoms with Crippen molar-refractivity contribution < 1.29 is 14.3 Å². The minimum absolute atomic E-state index is 0.135. The third-order valence-electron chi connectivity index (χ3n) is 3.96. The molecule has 1 atom stereocenters. The molecule has 0 fully saturated rings. The molecule has 3 rings (SSSR count). The van der Waals surface area contributed by atoms with Gasteiger partial charge < -0.3 is 14.4 Å². The van der Waals surface area contributed by atoms with Crippen LogP contribution in [0.2, 0.25) is 0 Å². The van der Waals surface area contributed by atoms with Gasteiger partial charge in [0.1, 0.15) is 17.3 Å². The predicted molar refractivity (Wildman–Crippen MR) is 93.4 cm³/mol. The van der Waals surface area contributed by atoms with Crippen molar-refractivity contribution in [1.29, 1.82) is 0 Å². The molecule has 0 N–H and O–H groups in total. The second kappa shape index (κ2) is 6.66. The maximum Gasteiger partial charge on any atom is 0.327 e. The van der Waals surface area contributed by atoms with Crippen LogP contribution in [-0.2, 0) is 4.79 Å². The number of hydrogen-bond acceptors (Lipinski definition) is 7. The van der Waals surface area contributed by atoms with Crippen LogP contribution in [0.5, 0.6) is 17.5 Å². The van der Waals surface area contributed by atoms with E-state index in [1.807, 2.05) is 47.0 Å². The van der Waals surface area contributed by atoms with Crippen molar-refractivity contribution >= 4 is 11.9 Å². The summed E-state index contributed by atoms with van der Waals surface area (Å²) in [5.74, 6) is 2.30. The normalized spacial score (nSPS) is 16.4. The number of carbonyl (C=O) groups excluding carboxylic acids is 1. The number of aromatic nitrogens is 3. The van der Waals surface area contributed by atoms with E-state index >= 15 is 0 Å². The number of ether oxygens (including phenoxy) is 2. The average Bonchev–Trinajstić information content (AvgIpc) is 2.53. The molecule has 25 heavy (non-hydrogen) atoms. The molecule has 0 radical (unpaired) electrons. The Morgan fingerprint density at radius 1 is 1.24 bits per heavy atom. The minimum atomic E-state index is -0.228. The molecule has 0 bridgehead atoms. The van der Waals surface area contributed by atoms with E-state index in [4.69, 9.17) is 9.47 Å². The maximum atomic E-state index is 11.6. The quantitative estimate of drug-likeness (QED) is 0.623. The first-order chi connectivity index (χ1) is 11.8. The third kappa shape index (κ3) is 3.70. The number of esters is 1. The Labute approximate surface area is 147 Å². The Bertz CT molecular complexity index is 779. The van der Waals surface area contributed by atoms with Crippen LogP contribution in [0.15, 0.2) is 18.2 Å². The molecule has 0 saturated heterocycles. The van der Waals surface area contributed by atoms with E-state index in [-0.39, 0.29) is 23.8 Å². The van der Waals surface area contributed by atoms with Gasteiger partial charge in [0.25, 0.3) is 0 Å². The molecule has 7 nitrogen and oxygen atoms in total. The minimum Gasteiger partial charge on any atom is -0.426 e. The highest BCUT2D eigenvalue weighted by molar-refractivity contribution is 5.76. The molecule has 7 heteroatoms. The largest absolute Gasteiger partial charge is 0.426 e. The highest BCUT2D eigenvalue weighted by Gasteiger charge is 2.24. The van der Waals surface area contributed by atoms with Gasteiger partial charge in [0.15, 0.2) is 0 Å². The van der Waals surface area contributed by atoms with E-state index in [0.717, 1.165) is 5.56 Å². The van der Waals surface area contributed by atoms with E-state index in [0.29, 0.717) is 29.7 Å². The Kier molecular flexibility index (Phi) is 4.57. The SMILES string of the molecule is CC(C)c1nc(Oc2ccc3c(c2)OC(=O)CC3C)nc(N(C)C)n1. The second-order valence-electron chi connectivity index (χ2n) is 6.71. The van der Waals surface area contributed by atoms with Gasteiger partial charge in [-0.15, -0.1) is 0 Å². The summed E-state index contributed by atoms with van der Waals surface area (Å²) in [7, 11) is 3.73. The summed E-state index contributed by atoms with van der Waals surface area (Å²) in [6, 6.07) is 5.68. The number of benzene rings is 1. The molecule has 1 aromatic heterocycles. The fraction of sp³-hybridized carbons (Fsp3) is 0.444. The Morgan fingerprint density at radius 3 is 2.68 bits per heavy atom. The summed E-state index contributed by atoms with van der Waals surface area (Å²) in [4.78, 5) is 26.6. The fourth-order valence-corrected chi connectivity index (χ4v) is 2.57. The first-order valence-corrected chi connectivity index (χ1v) is 8.29. The second-order valence-corrected chi connectivity index (χ2v) is 6.71. The van der Waals surface area contributed by atoms with Gasteiger partial charge in [-0.1, -0.05) is 26.8 Å². The lowest BCUT2D eigenvalue weighted by Gasteiger charge is -2.21. The van der Waals surface area contributed by atoms with Crippen LogP contribution in [-0.4, -0.2) is 35.0 Å². The van der Waals surface area contributed by atoms with E-state index in [1.165, 1.54) is 0 Å². The number of anilines is 1.